The molecule has 0 saturated heterocycles. The van der Waals surface area contributed by atoms with E-state index in [0.29, 0.717) is 22.1 Å². The van der Waals surface area contributed by atoms with Gasteiger partial charge in [0, 0.05) is 18.0 Å². The second-order valence-corrected chi connectivity index (χ2v) is 8.11. The number of amides is 2. The third-order valence-electron chi connectivity index (χ3n) is 5.19. The van der Waals surface area contributed by atoms with Gasteiger partial charge in [0.1, 0.15) is 0 Å². The van der Waals surface area contributed by atoms with E-state index in [9.17, 15) is 14.9 Å². The lowest BCUT2D eigenvalue weighted by Gasteiger charge is -2.25. The molecule has 1 aliphatic heterocycles. The Morgan fingerprint density at radius 1 is 1.22 bits per heavy atom. The molecule has 0 aromatic heterocycles. The number of hydrogen-bond donors (Lipinski definition) is 2. The van der Waals surface area contributed by atoms with Crippen molar-refractivity contribution in [2.75, 3.05) is 25.3 Å². The second kappa shape index (κ2) is 10.7. The van der Waals surface area contributed by atoms with Gasteiger partial charge in [-0.25, -0.2) is 0 Å². The Morgan fingerprint density at radius 3 is 2.66 bits per heavy atom. The topological polar surface area (TPSA) is 100 Å². The van der Waals surface area contributed by atoms with Gasteiger partial charge in [0.2, 0.25) is 11.8 Å². The molecule has 0 radical (unpaired) electrons. The largest absolute Gasteiger partial charge is 0.493 e. The molecule has 8 heteroatoms. The van der Waals surface area contributed by atoms with Crippen LogP contribution in [0.2, 0.25) is 0 Å². The van der Waals surface area contributed by atoms with Gasteiger partial charge < -0.3 is 20.1 Å². The minimum atomic E-state index is -0.431. The Kier molecular flexibility index (Phi) is 7.79. The highest BCUT2D eigenvalue weighted by molar-refractivity contribution is 8.03. The van der Waals surface area contributed by atoms with Gasteiger partial charge in [0.05, 0.1) is 36.6 Å². The normalized spacial score (nSPS) is 15.6. The summed E-state index contributed by atoms with van der Waals surface area (Å²) in [7, 11) is 3.08. The van der Waals surface area contributed by atoms with E-state index in [0.717, 1.165) is 35.0 Å². The fourth-order valence-electron chi connectivity index (χ4n) is 3.56. The van der Waals surface area contributed by atoms with Gasteiger partial charge in [-0.1, -0.05) is 43.0 Å². The van der Waals surface area contributed by atoms with Crippen molar-refractivity contribution in [3.05, 3.63) is 64.2 Å². The summed E-state index contributed by atoms with van der Waals surface area (Å²) in [6.45, 7) is 2.02. The zero-order chi connectivity index (χ0) is 23.1. The number of rotatable bonds is 8. The quantitative estimate of drug-likeness (QED) is 0.630. The molecule has 2 N–H and O–H groups in total. The first-order valence-corrected chi connectivity index (χ1v) is 11.2. The average molecular weight is 452 g/mol. The Morgan fingerprint density at radius 2 is 1.97 bits per heavy atom. The number of nitrogens with zero attached hydrogens (tertiary/aromatic N) is 1. The summed E-state index contributed by atoms with van der Waals surface area (Å²) in [5.41, 5.74) is 3.00. The van der Waals surface area contributed by atoms with Crippen LogP contribution in [0, 0.1) is 11.3 Å². The fraction of sp³-hybridized carbons (Fsp3) is 0.292. The first-order valence-electron chi connectivity index (χ1n) is 10.2. The number of benzene rings is 2. The molecule has 0 unspecified atom stereocenters. The molecular formula is C24H25N3O4S. The Labute approximate surface area is 191 Å². The first-order chi connectivity index (χ1) is 15.5. The molecule has 0 fully saturated rings. The van der Waals surface area contributed by atoms with E-state index < -0.39 is 5.92 Å². The molecule has 1 aliphatic rings. The number of carbonyl (C=O) groups is 2. The van der Waals surface area contributed by atoms with Crippen LogP contribution in [0.4, 0.5) is 5.69 Å². The predicted octanol–water partition coefficient (Wildman–Crippen LogP) is 3.98. The summed E-state index contributed by atoms with van der Waals surface area (Å²) in [5, 5.41) is 15.9. The first kappa shape index (κ1) is 23.2. The van der Waals surface area contributed by atoms with E-state index in [1.807, 2.05) is 37.3 Å². The highest BCUT2D eigenvalue weighted by atomic mass is 32.2. The summed E-state index contributed by atoms with van der Waals surface area (Å²) >= 11 is 1.15. The van der Waals surface area contributed by atoms with E-state index in [2.05, 4.69) is 16.7 Å². The highest BCUT2D eigenvalue weighted by Gasteiger charge is 2.30. The summed E-state index contributed by atoms with van der Waals surface area (Å²) in [6, 6.07) is 15.2. The van der Waals surface area contributed by atoms with Crippen molar-refractivity contribution in [1.82, 2.24) is 5.32 Å². The van der Waals surface area contributed by atoms with Crippen LogP contribution in [-0.2, 0) is 16.0 Å². The Balaban J connectivity index is 1.80. The maximum Gasteiger partial charge on any atom is 0.234 e. The van der Waals surface area contributed by atoms with E-state index in [1.54, 1.807) is 19.2 Å². The van der Waals surface area contributed by atoms with Crippen molar-refractivity contribution in [2.45, 2.75) is 25.7 Å². The van der Waals surface area contributed by atoms with Gasteiger partial charge in [-0.05, 0) is 35.7 Å². The third kappa shape index (κ3) is 5.24. The van der Waals surface area contributed by atoms with Crippen LogP contribution in [0.15, 0.2) is 53.1 Å². The fourth-order valence-corrected chi connectivity index (χ4v) is 4.44. The maximum atomic E-state index is 12.5. The monoisotopic (exact) mass is 451 g/mol. The summed E-state index contributed by atoms with van der Waals surface area (Å²) in [5.74, 6) is 0.317. The minimum Gasteiger partial charge on any atom is -0.493 e. The second-order valence-electron chi connectivity index (χ2n) is 7.12. The SMILES string of the molecule is CCc1ccccc1NC(=O)CSC1=C(C#N)[C@@H](c2ccc(OC)c(OC)c2)CC(=O)N1. The minimum absolute atomic E-state index is 0.0670. The van der Waals surface area contributed by atoms with E-state index in [4.69, 9.17) is 9.47 Å². The zero-order valence-corrected chi connectivity index (χ0v) is 19.0. The van der Waals surface area contributed by atoms with E-state index in [-0.39, 0.29) is 24.0 Å². The summed E-state index contributed by atoms with van der Waals surface area (Å²) < 4.78 is 10.6. The van der Waals surface area contributed by atoms with Crippen LogP contribution in [-0.4, -0.2) is 31.8 Å². The lowest BCUT2D eigenvalue weighted by atomic mass is 9.87. The molecule has 0 saturated carbocycles. The molecule has 7 nitrogen and oxygen atoms in total. The number of nitrogens with one attached hydrogen (secondary N) is 2. The number of ether oxygens (including phenoxy) is 2. The van der Waals surface area contributed by atoms with Crippen molar-refractivity contribution in [1.29, 1.82) is 5.26 Å². The summed E-state index contributed by atoms with van der Waals surface area (Å²) in [6.07, 6.45) is 0.939. The highest BCUT2D eigenvalue weighted by Crippen LogP contribution is 2.39. The molecule has 1 atom stereocenters. The van der Waals surface area contributed by atoms with Crippen molar-refractivity contribution >= 4 is 29.3 Å². The number of para-hydroxylation sites is 1. The molecule has 0 bridgehead atoms. The molecule has 1 heterocycles. The summed E-state index contributed by atoms with van der Waals surface area (Å²) in [4.78, 5) is 24.9. The number of anilines is 1. The number of methoxy groups -OCH3 is 2. The third-order valence-corrected chi connectivity index (χ3v) is 6.20. The predicted molar refractivity (Wildman–Crippen MR) is 125 cm³/mol. The van der Waals surface area contributed by atoms with Crippen molar-refractivity contribution in [3.63, 3.8) is 0 Å². The standard InChI is InChI=1S/C24H25N3O4S/c1-4-15-7-5-6-8-19(15)26-23(29)14-32-24-18(13-25)17(12-22(28)27-24)16-9-10-20(30-2)21(11-16)31-3/h5-11,17H,4,12,14H2,1-3H3,(H,26,29)(H,27,28)/t17-/m1/s1. The number of aryl methyl sites for hydroxylation is 1. The van der Waals surface area contributed by atoms with Crippen LogP contribution < -0.4 is 20.1 Å². The molecule has 166 valence electrons. The van der Waals surface area contributed by atoms with Crippen LogP contribution in [0.3, 0.4) is 0 Å². The van der Waals surface area contributed by atoms with E-state index >= 15 is 0 Å². The lowest BCUT2D eigenvalue weighted by molar-refractivity contribution is -0.121. The number of thioether (sulfide) groups is 1. The zero-order valence-electron chi connectivity index (χ0n) is 18.2. The van der Waals surface area contributed by atoms with Gasteiger partial charge in [0.15, 0.2) is 11.5 Å². The van der Waals surface area contributed by atoms with Gasteiger partial charge in [-0.2, -0.15) is 5.26 Å². The Hall–Kier alpha value is -3.44. The molecule has 2 amide bonds. The molecular weight excluding hydrogens is 426 g/mol. The molecule has 32 heavy (non-hydrogen) atoms. The van der Waals surface area contributed by atoms with Gasteiger partial charge >= 0.3 is 0 Å². The van der Waals surface area contributed by atoms with Gasteiger partial charge in [-0.15, -0.1) is 0 Å². The average Bonchev–Trinajstić information content (AvgIpc) is 2.82. The number of nitriles is 1. The number of allylic oxidation sites excluding steroid dienone is 1. The molecule has 2 aromatic carbocycles. The van der Waals surface area contributed by atoms with Gasteiger partial charge in [-0.3, -0.25) is 9.59 Å². The number of hydrogen-bond acceptors (Lipinski definition) is 6. The van der Waals surface area contributed by atoms with Crippen molar-refractivity contribution in [2.24, 2.45) is 0 Å². The van der Waals surface area contributed by atoms with E-state index in [1.165, 1.54) is 7.11 Å². The number of carbonyl (C=O) groups excluding carboxylic acids is 2. The van der Waals surface area contributed by atoms with Crippen molar-refractivity contribution < 1.29 is 19.1 Å². The van der Waals surface area contributed by atoms with Crippen LogP contribution in [0.5, 0.6) is 11.5 Å². The smallest absolute Gasteiger partial charge is 0.234 e. The lowest BCUT2D eigenvalue weighted by Crippen LogP contribution is -2.31. The van der Waals surface area contributed by atoms with Gasteiger partial charge in [0.25, 0.3) is 0 Å². The molecule has 2 aromatic rings. The van der Waals surface area contributed by atoms with Crippen LogP contribution in [0.25, 0.3) is 0 Å². The van der Waals surface area contributed by atoms with Crippen LogP contribution in [0.1, 0.15) is 30.4 Å². The molecule has 3 rings (SSSR count). The molecule has 0 aliphatic carbocycles. The molecule has 0 spiro atoms. The Bertz CT molecular complexity index is 1090. The maximum absolute atomic E-state index is 12.5. The van der Waals surface area contributed by atoms with Crippen molar-refractivity contribution in [3.8, 4) is 17.6 Å². The van der Waals surface area contributed by atoms with Crippen LogP contribution >= 0.6 is 11.8 Å².